The molecule has 1 aliphatic carbocycles. The monoisotopic (exact) mass is 238 g/mol. The van der Waals surface area contributed by atoms with E-state index in [9.17, 15) is 8.78 Å². The van der Waals surface area contributed by atoms with Gasteiger partial charge in [0.05, 0.1) is 0 Å². The normalized spacial score (nSPS) is 24.0. The Morgan fingerprint density at radius 2 is 2.29 bits per heavy atom. The molecule has 6 heteroatoms. The van der Waals surface area contributed by atoms with Gasteiger partial charge in [-0.15, -0.1) is 0 Å². The maximum atomic E-state index is 13.7. The topological polar surface area (TPSA) is 25.8 Å². The minimum Gasteiger partial charge on any atom is -0.221 e. The molecule has 76 valence electrons. The lowest BCUT2D eigenvalue weighted by Crippen LogP contribution is -2.11. The molecule has 0 fully saturated rings. The van der Waals surface area contributed by atoms with Gasteiger partial charge >= 0.3 is 0 Å². The summed E-state index contributed by atoms with van der Waals surface area (Å²) in [4.78, 5) is 7.47. The van der Waals surface area contributed by atoms with Gasteiger partial charge in [0.15, 0.2) is 5.16 Å². The molecule has 0 saturated carbocycles. The number of alkyl halides is 2. The van der Waals surface area contributed by atoms with Crippen LogP contribution in [0, 0.1) is 0 Å². The molecule has 1 aromatic rings. The van der Waals surface area contributed by atoms with Crippen molar-refractivity contribution >= 4 is 23.4 Å². The van der Waals surface area contributed by atoms with Crippen molar-refractivity contribution in [2.45, 2.75) is 23.9 Å². The van der Waals surface area contributed by atoms with Gasteiger partial charge in [0.2, 0.25) is 0 Å². The lowest BCUT2D eigenvalue weighted by molar-refractivity contribution is -0.00651. The van der Waals surface area contributed by atoms with E-state index < -0.39 is 24.4 Å². The van der Waals surface area contributed by atoms with Crippen LogP contribution < -0.4 is 0 Å². The predicted octanol–water partition coefficient (Wildman–Crippen LogP) is 2.89. The Morgan fingerprint density at radius 3 is 2.93 bits per heavy atom. The second-order valence-electron chi connectivity index (χ2n) is 2.76. The van der Waals surface area contributed by atoms with Crippen molar-refractivity contribution < 1.29 is 11.5 Å². The average Bonchev–Trinajstić information content (AvgIpc) is 2.36. The fraction of sp³-hybridized carbons (Fsp3) is 0.500. The van der Waals surface area contributed by atoms with E-state index >= 15 is 0 Å². The van der Waals surface area contributed by atoms with E-state index in [0.29, 0.717) is 0 Å². The molecule has 0 bridgehead atoms. The molecule has 2 nitrogen and oxygen atoms in total. The lowest BCUT2D eigenvalue weighted by atomic mass is 10.2. The molecule has 14 heavy (non-hydrogen) atoms. The van der Waals surface area contributed by atoms with Crippen molar-refractivity contribution in [2.24, 2.45) is 0 Å². The highest BCUT2D eigenvalue weighted by molar-refractivity contribution is 7.98. The van der Waals surface area contributed by atoms with Crippen molar-refractivity contribution in [3.63, 3.8) is 0 Å². The Kier molecular flexibility index (Phi) is 1.85. The zero-order valence-electron chi connectivity index (χ0n) is 9.14. The van der Waals surface area contributed by atoms with Gasteiger partial charge in [0.1, 0.15) is 10.8 Å². The smallest absolute Gasteiger partial charge is 0.221 e. The Labute approximate surface area is 91.9 Å². The van der Waals surface area contributed by atoms with Crippen LogP contribution in [0.3, 0.4) is 0 Å². The van der Waals surface area contributed by atoms with Gasteiger partial charge in [0.25, 0.3) is 5.92 Å². The Hall–Kier alpha value is -0.420. The van der Waals surface area contributed by atoms with Crippen LogP contribution in [0.25, 0.3) is 0 Å². The Balaban J connectivity index is 2.65. The number of thioether (sulfide) groups is 1. The third-order valence-electron chi connectivity index (χ3n) is 1.90. The van der Waals surface area contributed by atoms with Gasteiger partial charge in [0, 0.05) is 14.7 Å². The van der Waals surface area contributed by atoms with Crippen LogP contribution in [-0.4, -0.2) is 16.2 Å². The van der Waals surface area contributed by atoms with Gasteiger partial charge in [-0.2, -0.15) is 8.78 Å². The van der Waals surface area contributed by atoms with E-state index in [0.717, 1.165) is 11.8 Å². The molecule has 0 aliphatic heterocycles. The number of nitrogens with zero attached hydrogens (tertiary/aromatic N) is 2. The van der Waals surface area contributed by atoms with Crippen molar-refractivity contribution in [3.05, 3.63) is 16.4 Å². The summed E-state index contributed by atoms with van der Waals surface area (Å²) in [6.07, 6.45) is -1.46. The van der Waals surface area contributed by atoms with Crippen LogP contribution >= 0.6 is 23.4 Å². The first kappa shape index (κ1) is 7.82. The minimum atomic E-state index is -3.61. The molecule has 1 aliphatic rings. The minimum absolute atomic E-state index is 0.00877. The zero-order chi connectivity index (χ0) is 12.1. The van der Waals surface area contributed by atoms with Crippen molar-refractivity contribution in [1.82, 2.24) is 9.97 Å². The van der Waals surface area contributed by atoms with Crippen molar-refractivity contribution in [1.29, 1.82) is 0 Å². The van der Waals surface area contributed by atoms with E-state index in [1.807, 2.05) is 0 Å². The lowest BCUT2D eigenvalue weighted by Gasteiger charge is -2.09. The highest BCUT2D eigenvalue weighted by atomic mass is 35.5. The van der Waals surface area contributed by atoms with Gasteiger partial charge in [-0.3, -0.25) is 0 Å². The predicted molar refractivity (Wildman–Crippen MR) is 51.0 cm³/mol. The molecule has 2 rings (SSSR count). The summed E-state index contributed by atoms with van der Waals surface area (Å²) in [6, 6.07) is 0. The largest absolute Gasteiger partial charge is 0.290 e. The van der Waals surface area contributed by atoms with Crippen LogP contribution in [0.2, 0.25) is 5.15 Å². The van der Waals surface area contributed by atoms with E-state index in [1.165, 1.54) is 0 Å². The maximum Gasteiger partial charge on any atom is 0.290 e. The van der Waals surface area contributed by atoms with Gasteiger partial charge in [-0.05, 0) is 12.7 Å². The number of aromatic nitrogens is 2. The summed E-state index contributed by atoms with van der Waals surface area (Å²) in [5.74, 6) is -3.61. The zero-order valence-corrected chi connectivity index (χ0v) is 8.72. The van der Waals surface area contributed by atoms with Gasteiger partial charge in [-0.1, -0.05) is 23.4 Å². The quantitative estimate of drug-likeness (QED) is 0.427. The molecule has 1 heterocycles. The summed E-state index contributed by atoms with van der Waals surface area (Å²) in [7, 11) is 0. The summed E-state index contributed by atoms with van der Waals surface area (Å²) >= 11 is 6.83. The third-order valence-corrected chi connectivity index (χ3v) is 2.76. The first-order chi connectivity index (χ1) is 7.29. The molecule has 0 atom stereocenters. The number of fused-ring (bicyclic) bond motifs is 1. The van der Waals surface area contributed by atoms with Gasteiger partial charge < -0.3 is 0 Å². The highest BCUT2D eigenvalue weighted by Crippen LogP contribution is 2.42. The summed E-state index contributed by atoms with van der Waals surface area (Å²) in [6.45, 7) is 0. The third kappa shape index (κ3) is 1.48. The highest BCUT2D eigenvalue weighted by Gasteiger charge is 2.42. The molecule has 0 aromatic carbocycles. The first-order valence-corrected chi connectivity index (χ1v) is 5.38. The number of rotatable bonds is 1. The van der Waals surface area contributed by atoms with Crippen LogP contribution in [0.4, 0.5) is 8.78 Å². The van der Waals surface area contributed by atoms with Gasteiger partial charge in [-0.25, -0.2) is 9.97 Å². The first-order valence-electron chi connectivity index (χ1n) is 4.78. The molecule has 0 spiro atoms. The van der Waals surface area contributed by atoms with Crippen LogP contribution in [0.5, 0.6) is 0 Å². The van der Waals surface area contributed by atoms with Crippen LogP contribution in [-0.2, 0) is 12.3 Å². The SMILES string of the molecule is [2H]C1([2H])Cc2c(Cl)nc(SC)nc2C1(F)F. The summed E-state index contributed by atoms with van der Waals surface area (Å²) in [5.41, 5.74) is -0.573. The Morgan fingerprint density at radius 1 is 1.57 bits per heavy atom. The number of hydrogen-bond donors (Lipinski definition) is 0. The van der Waals surface area contributed by atoms with E-state index in [1.54, 1.807) is 6.26 Å². The molecule has 0 unspecified atom stereocenters. The van der Waals surface area contributed by atoms with Crippen LogP contribution in [0.15, 0.2) is 5.16 Å². The summed E-state index contributed by atoms with van der Waals surface area (Å²) in [5, 5.41) is 0.0384. The van der Waals surface area contributed by atoms with E-state index in [2.05, 4.69) is 9.97 Å². The van der Waals surface area contributed by atoms with Crippen molar-refractivity contribution in [3.8, 4) is 0 Å². The maximum absolute atomic E-state index is 13.7. The summed E-state index contributed by atoms with van der Waals surface area (Å²) < 4.78 is 41.9. The van der Waals surface area contributed by atoms with Crippen molar-refractivity contribution in [2.75, 3.05) is 6.26 Å². The standard InChI is InChI=1S/C8H7ClF2N2S/c1-14-7-12-5-4(6(9)13-7)2-3-8(5,10)11/h2-3H2,1H3/i3D2. The van der Waals surface area contributed by atoms with Crippen LogP contribution in [0.1, 0.15) is 20.4 Å². The molecule has 0 N–H and O–H groups in total. The number of hydrogen-bond acceptors (Lipinski definition) is 3. The second kappa shape index (κ2) is 3.31. The fourth-order valence-corrected chi connectivity index (χ4v) is 1.88. The van der Waals surface area contributed by atoms with E-state index in [-0.39, 0.29) is 15.9 Å². The molecule has 0 saturated heterocycles. The molecule has 0 radical (unpaired) electrons. The second-order valence-corrected chi connectivity index (χ2v) is 3.89. The van der Waals surface area contributed by atoms with E-state index in [4.69, 9.17) is 14.3 Å². The molecular weight excluding hydrogens is 230 g/mol. The fourth-order valence-electron chi connectivity index (χ4n) is 1.23. The molecule has 0 amide bonds. The average molecular weight is 239 g/mol. The molecule has 1 aromatic heterocycles. The number of halogens is 3. The molecular formula is C8H7ClF2N2S. The Bertz CT molecular complexity index is 456.